The van der Waals surface area contributed by atoms with Crippen LogP contribution in [0.4, 0.5) is 30.2 Å². The third kappa shape index (κ3) is 3.90. The summed E-state index contributed by atoms with van der Waals surface area (Å²) in [5.74, 6) is -0.494. The second kappa shape index (κ2) is 8.72. The second-order valence-corrected chi connectivity index (χ2v) is 8.69. The molecule has 1 saturated heterocycles. The summed E-state index contributed by atoms with van der Waals surface area (Å²) in [7, 11) is 0. The highest BCUT2D eigenvalue weighted by Gasteiger charge is 2.59. The number of anilines is 3. The van der Waals surface area contributed by atoms with E-state index in [9.17, 15) is 22.8 Å². The minimum atomic E-state index is -4.75. The first-order valence-corrected chi connectivity index (χ1v) is 11.2. The van der Waals surface area contributed by atoms with Crippen LogP contribution in [0.3, 0.4) is 0 Å². The molecule has 2 amide bonds. The number of nitrogens with zero attached hydrogens (tertiary/aromatic N) is 3. The van der Waals surface area contributed by atoms with Crippen LogP contribution in [0.25, 0.3) is 0 Å². The normalized spacial score (nSPS) is 17.0. The summed E-state index contributed by atoms with van der Waals surface area (Å²) >= 11 is 5.60. The number of hydrogen-bond acceptors (Lipinski definition) is 4. The molecule has 176 valence electrons. The van der Waals surface area contributed by atoms with Gasteiger partial charge in [0.15, 0.2) is 5.11 Å². The summed E-state index contributed by atoms with van der Waals surface area (Å²) < 4.78 is 40.5. The molecule has 0 bridgehead atoms. The predicted molar refractivity (Wildman–Crippen MR) is 125 cm³/mol. The number of nitrogens with one attached hydrogen (secondary N) is 1. The zero-order valence-corrected chi connectivity index (χ0v) is 19.1. The molecule has 2 fully saturated rings. The second-order valence-electron chi connectivity index (χ2n) is 8.33. The average Bonchev–Trinajstić information content (AvgIpc) is 3.00. The van der Waals surface area contributed by atoms with E-state index in [1.807, 2.05) is 6.92 Å². The Balaban J connectivity index is 1.70. The molecule has 34 heavy (non-hydrogen) atoms. The van der Waals surface area contributed by atoms with Crippen LogP contribution in [0.2, 0.25) is 0 Å². The van der Waals surface area contributed by atoms with Crippen molar-refractivity contribution in [3.63, 3.8) is 0 Å². The molecule has 10 heteroatoms. The minimum Gasteiger partial charge on any atom is -0.326 e. The van der Waals surface area contributed by atoms with Crippen LogP contribution in [0.5, 0.6) is 0 Å². The van der Waals surface area contributed by atoms with E-state index in [0.717, 1.165) is 29.9 Å². The smallest absolute Gasteiger partial charge is 0.326 e. The summed E-state index contributed by atoms with van der Waals surface area (Å²) in [5, 5.41) is 11.9. The number of benzene rings is 2. The van der Waals surface area contributed by atoms with E-state index in [2.05, 4.69) is 5.32 Å². The van der Waals surface area contributed by atoms with Crippen molar-refractivity contribution in [1.29, 1.82) is 5.26 Å². The first kappa shape index (κ1) is 23.7. The van der Waals surface area contributed by atoms with Crippen molar-refractivity contribution < 1.29 is 22.8 Å². The standard InChI is InChI=1S/C24H21F3N4O2S/c1-2-4-20(32)29-16-6-9-17(10-7-16)31-22(34)30(21(33)23(31)11-3-12-23)18-8-5-15(14-28)19(13-18)24(25,26)27/h5-10,13H,2-4,11-12H2,1H3,(H,29,32). The molecule has 1 spiro atoms. The average molecular weight is 487 g/mol. The van der Waals surface area contributed by atoms with Crippen LogP contribution >= 0.6 is 12.2 Å². The maximum Gasteiger partial charge on any atom is 0.417 e. The van der Waals surface area contributed by atoms with E-state index >= 15 is 0 Å². The van der Waals surface area contributed by atoms with E-state index in [0.29, 0.717) is 30.6 Å². The van der Waals surface area contributed by atoms with Crippen molar-refractivity contribution in [1.82, 2.24) is 0 Å². The zero-order valence-electron chi connectivity index (χ0n) is 18.3. The van der Waals surface area contributed by atoms with Crippen LogP contribution in [0, 0.1) is 11.3 Å². The number of halogens is 3. The summed E-state index contributed by atoms with van der Waals surface area (Å²) in [5.41, 5.74) is -1.42. The number of hydrogen-bond donors (Lipinski definition) is 1. The molecule has 1 heterocycles. The van der Waals surface area contributed by atoms with Gasteiger partial charge in [0.05, 0.1) is 22.9 Å². The Bertz CT molecular complexity index is 1200. The number of alkyl halides is 3. The number of carbonyl (C=O) groups is 2. The fourth-order valence-electron chi connectivity index (χ4n) is 4.36. The van der Waals surface area contributed by atoms with E-state index in [1.165, 1.54) is 6.07 Å². The Labute approximate surface area is 199 Å². The Hall–Kier alpha value is -3.45. The van der Waals surface area contributed by atoms with Gasteiger partial charge in [0, 0.05) is 17.8 Å². The molecule has 0 atom stereocenters. The highest BCUT2D eigenvalue weighted by molar-refractivity contribution is 7.81. The lowest BCUT2D eigenvalue weighted by atomic mass is 9.75. The van der Waals surface area contributed by atoms with Gasteiger partial charge in [-0.15, -0.1) is 0 Å². The molecule has 0 unspecified atom stereocenters. The maximum atomic E-state index is 13.5. The summed E-state index contributed by atoms with van der Waals surface area (Å²) in [4.78, 5) is 28.2. The van der Waals surface area contributed by atoms with Crippen molar-refractivity contribution in [2.45, 2.75) is 50.7 Å². The van der Waals surface area contributed by atoms with Crippen molar-refractivity contribution in [2.75, 3.05) is 15.1 Å². The SMILES string of the molecule is CCCC(=O)Nc1ccc(N2C(=S)N(c3ccc(C#N)c(C(F)(F)F)c3)C(=O)C23CCC3)cc1. The van der Waals surface area contributed by atoms with Gasteiger partial charge >= 0.3 is 6.18 Å². The largest absolute Gasteiger partial charge is 0.417 e. The molecule has 1 aliphatic heterocycles. The number of carbonyl (C=O) groups excluding carboxylic acids is 2. The topological polar surface area (TPSA) is 76.4 Å². The fourth-order valence-corrected chi connectivity index (χ4v) is 4.82. The van der Waals surface area contributed by atoms with Crippen molar-refractivity contribution in [2.24, 2.45) is 0 Å². The highest BCUT2D eigenvalue weighted by atomic mass is 32.1. The van der Waals surface area contributed by atoms with Crippen molar-refractivity contribution >= 4 is 46.2 Å². The van der Waals surface area contributed by atoms with Crippen LogP contribution < -0.4 is 15.1 Å². The summed E-state index contributed by atoms with van der Waals surface area (Å²) in [6.45, 7) is 1.91. The molecule has 1 N–H and O–H groups in total. The first-order valence-electron chi connectivity index (χ1n) is 10.8. The minimum absolute atomic E-state index is 0.0291. The molecular weight excluding hydrogens is 465 g/mol. The van der Waals surface area contributed by atoms with E-state index < -0.39 is 22.8 Å². The number of nitriles is 1. The molecule has 0 aromatic heterocycles. The van der Waals surface area contributed by atoms with Gasteiger partial charge in [-0.25, -0.2) is 0 Å². The van der Waals surface area contributed by atoms with Crippen LogP contribution in [0.1, 0.15) is 50.2 Å². The Kier molecular flexibility index (Phi) is 6.08. The van der Waals surface area contributed by atoms with Gasteiger partial charge in [0.2, 0.25) is 5.91 Å². The van der Waals surface area contributed by atoms with E-state index in [4.69, 9.17) is 17.5 Å². The van der Waals surface area contributed by atoms with E-state index in [-0.39, 0.29) is 22.6 Å². The molecule has 2 aliphatic rings. The Morgan fingerprint density at radius 1 is 1.18 bits per heavy atom. The molecule has 2 aromatic carbocycles. The van der Waals surface area contributed by atoms with Crippen molar-refractivity contribution in [3.05, 3.63) is 53.6 Å². The molecular formula is C24H21F3N4O2S. The van der Waals surface area contributed by atoms with Gasteiger partial charge in [-0.05, 0) is 80.4 Å². The number of rotatable bonds is 5. The van der Waals surface area contributed by atoms with Gasteiger partial charge < -0.3 is 10.2 Å². The third-order valence-electron chi connectivity index (χ3n) is 6.17. The quantitative estimate of drug-likeness (QED) is 0.575. The fraction of sp³-hybridized carbons (Fsp3) is 0.333. The molecule has 2 aromatic rings. The van der Waals surface area contributed by atoms with E-state index in [1.54, 1.807) is 35.2 Å². The van der Waals surface area contributed by atoms with Gasteiger partial charge in [-0.1, -0.05) is 6.92 Å². The van der Waals surface area contributed by atoms with Gasteiger partial charge in [-0.3, -0.25) is 14.5 Å². The molecule has 1 aliphatic carbocycles. The third-order valence-corrected chi connectivity index (χ3v) is 6.53. The zero-order chi connectivity index (χ0) is 24.7. The molecule has 6 nitrogen and oxygen atoms in total. The molecule has 4 rings (SSSR count). The van der Waals surface area contributed by atoms with Crippen LogP contribution in [0.15, 0.2) is 42.5 Å². The first-order chi connectivity index (χ1) is 16.1. The Morgan fingerprint density at radius 2 is 1.82 bits per heavy atom. The Morgan fingerprint density at radius 3 is 2.35 bits per heavy atom. The highest BCUT2D eigenvalue weighted by Crippen LogP contribution is 2.48. The number of amides is 2. The lowest BCUT2D eigenvalue weighted by molar-refractivity contribution is -0.137. The van der Waals surface area contributed by atoms with Crippen LogP contribution in [-0.4, -0.2) is 22.5 Å². The van der Waals surface area contributed by atoms with Crippen molar-refractivity contribution in [3.8, 4) is 6.07 Å². The monoisotopic (exact) mass is 486 g/mol. The van der Waals surface area contributed by atoms with Gasteiger partial charge in [-0.2, -0.15) is 18.4 Å². The lowest BCUT2D eigenvalue weighted by Crippen LogP contribution is -2.55. The lowest BCUT2D eigenvalue weighted by Gasteiger charge is -2.43. The summed E-state index contributed by atoms with van der Waals surface area (Å²) in [6.07, 6.45) is -1.82. The number of thiocarbonyl (C=S) groups is 1. The molecule has 0 radical (unpaired) electrons. The van der Waals surface area contributed by atoms with Gasteiger partial charge in [0.25, 0.3) is 5.91 Å². The predicted octanol–water partition coefficient (Wildman–Crippen LogP) is 5.38. The maximum absolute atomic E-state index is 13.5. The molecule has 1 saturated carbocycles. The van der Waals surface area contributed by atoms with Crippen LogP contribution in [-0.2, 0) is 15.8 Å². The van der Waals surface area contributed by atoms with Gasteiger partial charge in [0.1, 0.15) is 5.54 Å². The summed E-state index contributed by atoms with van der Waals surface area (Å²) in [6, 6.07) is 11.6.